The Morgan fingerprint density at radius 3 is 2.62 bits per heavy atom. The summed E-state index contributed by atoms with van der Waals surface area (Å²) < 4.78 is 0. The lowest BCUT2D eigenvalue weighted by atomic mass is 9.92. The third kappa shape index (κ3) is 4.84. The van der Waals surface area contributed by atoms with E-state index >= 15 is 0 Å². The molecule has 2 atom stereocenters. The van der Waals surface area contributed by atoms with E-state index in [2.05, 4.69) is 34.4 Å². The normalized spacial score (nSPS) is 22.0. The van der Waals surface area contributed by atoms with Gasteiger partial charge in [-0.25, -0.2) is 9.97 Å². The minimum atomic E-state index is -0.268. The van der Waals surface area contributed by atoms with Crippen molar-refractivity contribution in [2.24, 2.45) is 0 Å². The van der Waals surface area contributed by atoms with Gasteiger partial charge < -0.3 is 15.7 Å². The van der Waals surface area contributed by atoms with Gasteiger partial charge in [0.05, 0.1) is 12.1 Å². The molecule has 1 aromatic heterocycles. The summed E-state index contributed by atoms with van der Waals surface area (Å²) >= 11 is 0. The van der Waals surface area contributed by atoms with Crippen molar-refractivity contribution in [3.63, 3.8) is 0 Å². The molecule has 0 saturated heterocycles. The Hall–Kier alpha value is -1.36. The number of nitrogens with one attached hydrogen (secondary N) is 2. The molecule has 0 radical (unpaired) electrons. The lowest BCUT2D eigenvalue weighted by molar-refractivity contribution is 0.116. The molecule has 1 saturated carbocycles. The van der Waals surface area contributed by atoms with Gasteiger partial charge in [-0.05, 0) is 25.7 Å². The summed E-state index contributed by atoms with van der Waals surface area (Å²) in [5, 5.41) is 16.8. The van der Waals surface area contributed by atoms with E-state index in [1.807, 2.05) is 6.07 Å². The standard InChI is InChI=1S/C16H28N4O/c1-3-7-14-19-15(17-10-4-2)11-16(20-14)18-12-8-5-6-9-13(12)21/h11-13,21H,3-10H2,1-2H3,(H2,17,18,19,20). The Morgan fingerprint density at radius 2 is 1.90 bits per heavy atom. The average Bonchev–Trinajstić information content (AvgIpc) is 2.48. The second kappa shape index (κ2) is 8.17. The largest absolute Gasteiger partial charge is 0.391 e. The Labute approximate surface area is 127 Å². The van der Waals surface area contributed by atoms with Crippen molar-refractivity contribution < 1.29 is 5.11 Å². The highest BCUT2D eigenvalue weighted by molar-refractivity contribution is 5.48. The number of aliphatic hydroxyl groups excluding tert-OH is 1. The molecule has 5 heteroatoms. The van der Waals surface area contributed by atoms with Gasteiger partial charge in [0.1, 0.15) is 17.5 Å². The fraction of sp³-hybridized carbons (Fsp3) is 0.750. The number of hydrogen-bond acceptors (Lipinski definition) is 5. The fourth-order valence-corrected chi connectivity index (χ4v) is 2.72. The van der Waals surface area contributed by atoms with E-state index in [4.69, 9.17) is 0 Å². The molecule has 1 fully saturated rings. The van der Waals surface area contributed by atoms with E-state index in [1.165, 1.54) is 6.42 Å². The van der Waals surface area contributed by atoms with Crippen molar-refractivity contribution in [3.05, 3.63) is 11.9 Å². The van der Waals surface area contributed by atoms with Gasteiger partial charge in [-0.1, -0.05) is 26.7 Å². The second-order valence-electron chi connectivity index (χ2n) is 5.83. The fourth-order valence-electron chi connectivity index (χ4n) is 2.72. The number of anilines is 2. The van der Waals surface area contributed by atoms with Crippen LogP contribution in [0.4, 0.5) is 11.6 Å². The molecule has 1 aliphatic rings. The first kappa shape index (κ1) is 16.0. The van der Waals surface area contributed by atoms with Crippen molar-refractivity contribution in [3.8, 4) is 0 Å². The summed E-state index contributed by atoms with van der Waals surface area (Å²) in [4.78, 5) is 9.13. The van der Waals surface area contributed by atoms with Crippen LogP contribution in [0.25, 0.3) is 0 Å². The van der Waals surface area contributed by atoms with Crippen LogP contribution >= 0.6 is 0 Å². The molecule has 0 bridgehead atoms. The number of aromatic nitrogens is 2. The number of nitrogens with zero attached hydrogens (tertiary/aromatic N) is 2. The second-order valence-corrected chi connectivity index (χ2v) is 5.83. The van der Waals surface area contributed by atoms with E-state index in [0.29, 0.717) is 0 Å². The molecule has 0 amide bonds. The molecule has 2 unspecified atom stereocenters. The van der Waals surface area contributed by atoms with Crippen molar-refractivity contribution in [2.45, 2.75) is 70.9 Å². The minimum absolute atomic E-state index is 0.113. The predicted octanol–water partition coefficient (Wildman–Crippen LogP) is 2.97. The van der Waals surface area contributed by atoms with Gasteiger partial charge in [-0.2, -0.15) is 0 Å². The van der Waals surface area contributed by atoms with E-state index in [-0.39, 0.29) is 12.1 Å². The summed E-state index contributed by atoms with van der Waals surface area (Å²) in [5.74, 6) is 2.58. The quantitative estimate of drug-likeness (QED) is 0.721. The van der Waals surface area contributed by atoms with Crippen LogP contribution in [-0.2, 0) is 6.42 Å². The lowest BCUT2D eigenvalue weighted by Gasteiger charge is -2.29. The van der Waals surface area contributed by atoms with Gasteiger partial charge in [0.25, 0.3) is 0 Å². The van der Waals surface area contributed by atoms with Crippen molar-refractivity contribution in [1.82, 2.24) is 9.97 Å². The summed E-state index contributed by atoms with van der Waals surface area (Å²) in [5.41, 5.74) is 0. The van der Waals surface area contributed by atoms with Crippen molar-refractivity contribution in [2.75, 3.05) is 17.2 Å². The number of rotatable bonds is 7. The first-order valence-electron chi connectivity index (χ1n) is 8.29. The average molecular weight is 292 g/mol. The third-order valence-electron chi connectivity index (χ3n) is 3.86. The van der Waals surface area contributed by atoms with E-state index < -0.39 is 0 Å². The summed E-state index contributed by atoms with van der Waals surface area (Å²) in [6.45, 7) is 5.18. The zero-order chi connectivity index (χ0) is 15.1. The smallest absolute Gasteiger partial charge is 0.133 e. The first-order chi connectivity index (χ1) is 10.2. The highest BCUT2D eigenvalue weighted by Gasteiger charge is 2.23. The minimum Gasteiger partial charge on any atom is -0.391 e. The number of aliphatic hydroxyl groups is 1. The maximum Gasteiger partial charge on any atom is 0.133 e. The molecular weight excluding hydrogens is 264 g/mol. The topological polar surface area (TPSA) is 70.1 Å². The van der Waals surface area contributed by atoms with Crippen LogP contribution in [0.2, 0.25) is 0 Å². The zero-order valence-corrected chi connectivity index (χ0v) is 13.2. The van der Waals surface area contributed by atoms with Gasteiger partial charge in [0.2, 0.25) is 0 Å². The van der Waals surface area contributed by atoms with Gasteiger partial charge in [0, 0.05) is 19.0 Å². The van der Waals surface area contributed by atoms with Gasteiger partial charge in [0.15, 0.2) is 0 Å². The summed E-state index contributed by atoms with van der Waals surface area (Å²) in [7, 11) is 0. The van der Waals surface area contributed by atoms with Gasteiger partial charge in [-0.3, -0.25) is 0 Å². The maximum absolute atomic E-state index is 10.1. The van der Waals surface area contributed by atoms with E-state index in [0.717, 1.165) is 62.5 Å². The Morgan fingerprint density at radius 1 is 1.14 bits per heavy atom. The van der Waals surface area contributed by atoms with Gasteiger partial charge >= 0.3 is 0 Å². The molecule has 1 aromatic rings. The van der Waals surface area contributed by atoms with Crippen LogP contribution in [-0.4, -0.2) is 33.8 Å². The SMILES string of the molecule is CCCNc1cc(NC2CCCCC2O)nc(CCC)n1. The summed E-state index contributed by atoms with van der Waals surface area (Å²) in [6, 6.07) is 2.07. The maximum atomic E-state index is 10.1. The lowest BCUT2D eigenvalue weighted by Crippen LogP contribution is -2.36. The molecule has 1 aliphatic carbocycles. The molecule has 118 valence electrons. The zero-order valence-electron chi connectivity index (χ0n) is 13.2. The molecule has 3 N–H and O–H groups in total. The molecule has 0 aromatic carbocycles. The molecule has 2 rings (SSSR count). The first-order valence-corrected chi connectivity index (χ1v) is 8.29. The molecule has 21 heavy (non-hydrogen) atoms. The van der Waals surface area contributed by atoms with Crippen LogP contribution in [0.3, 0.4) is 0 Å². The highest BCUT2D eigenvalue weighted by atomic mass is 16.3. The van der Waals surface area contributed by atoms with Gasteiger partial charge in [-0.15, -0.1) is 0 Å². The van der Waals surface area contributed by atoms with Crippen LogP contribution in [0.15, 0.2) is 6.07 Å². The highest BCUT2D eigenvalue weighted by Crippen LogP contribution is 2.22. The third-order valence-corrected chi connectivity index (χ3v) is 3.86. The molecule has 1 heterocycles. The van der Waals surface area contributed by atoms with Crippen molar-refractivity contribution >= 4 is 11.6 Å². The molecular formula is C16H28N4O. The monoisotopic (exact) mass is 292 g/mol. The van der Waals surface area contributed by atoms with Crippen LogP contribution < -0.4 is 10.6 Å². The van der Waals surface area contributed by atoms with Crippen LogP contribution in [0.5, 0.6) is 0 Å². The van der Waals surface area contributed by atoms with Crippen LogP contribution in [0.1, 0.15) is 58.2 Å². The van der Waals surface area contributed by atoms with E-state index in [1.54, 1.807) is 0 Å². The molecule has 0 spiro atoms. The molecule has 0 aliphatic heterocycles. The Balaban J connectivity index is 2.10. The molecule has 5 nitrogen and oxygen atoms in total. The summed E-state index contributed by atoms with van der Waals surface area (Å²) in [6.07, 6.45) is 6.88. The number of aryl methyl sites for hydroxylation is 1. The van der Waals surface area contributed by atoms with Crippen LogP contribution in [0, 0.1) is 0 Å². The van der Waals surface area contributed by atoms with E-state index in [9.17, 15) is 5.11 Å². The van der Waals surface area contributed by atoms with Crippen molar-refractivity contribution in [1.29, 1.82) is 0 Å². The Bertz CT molecular complexity index is 438. The number of hydrogen-bond donors (Lipinski definition) is 3. The Kier molecular flexibility index (Phi) is 6.23. The predicted molar refractivity (Wildman–Crippen MR) is 86.7 cm³/mol.